The van der Waals surface area contributed by atoms with Crippen LogP contribution in [0.2, 0.25) is 0 Å². The Balaban J connectivity index is 3.06. The molecule has 0 spiro atoms. The average molecular weight is 236 g/mol. The molecule has 0 aliphatic carbocycles. The maximum absolute atomic E-state index is 11.1. The summed E-state index contributed by atoms with van der Waals surface area (Å²) in [7, 11) is 0. The van der Waals surface area contributed by atoms with Crippen LogP contribution in [0.5, 0.6) is 0 Å². The summed E-state index contributed by atoms with van der Waals surface area (Å²) in [6.07, 6.45) is 2.01. The second-order valence-corrected chi connectivity index (χ2v) is 4.99. The van der Waals surface area contributed by atoms with Gasteiger partial charge in [0.05, 0.1) is 4.92 Å². The van der Waals surface area contributed by atoms with Gasteiger partial charge in [0.25, 0.3) is 5.69 Å². The van der Waals surface area contributed by atoms with Crippen molar-refractivity contribution in [3.63, 3.8) is 0 Å². The molecule has 0 aliphatic heterocycles. The highest BCUT2D eigenvalue weighted by molar-refractivity contribution is 5.65. The molecule has 0 aliphatic rings. The van der Waals surface area contributed by atoms with Crippen molar-refractivity contribution in [1.82, 2.24) is 0 Å². The van der Waals surface area contributed by atoms with Crippen molar-refractivity contribution in [2.45, 2.75) is 46.1 Å². The molecule has 1 N–H and O–H groups in total. The molecule has 0 saturated heterocycles. The number of nitrogens with zero attached hydrogens (tertiary/aromatic N) is 1. The molecule has 0 unspecified atom stereocenters. The topological polar surface area (TPSA) is 55.2 Å². The lowest BCUT2D eigenvalue weighted by atomic mass is 9.98. The number of anilines is 1. The number of benzene rings is 1. The molecule has 0 heterocycles. The Labute approximate surface area is 102 Å². The summed E-state index contributed by atoms with van der Waals surface area (Å²) in [5.74, 6) is 0. The minimum absolute atomic E-state index is 0.132. The zero-order chi connectivity index (χ0) is 13.1. The van der Waals surface area contributed by atoms with E-state index in [4.69, 9.17) is 0 Å². The lowest BCUT2D eigenvalue weighted by molar-refractivity contribution is -0.384. The van der Waals surface area contributed by atoms with Crippen molar-refractivity contribution >= 4 is 11.4 Å². The zero-order valence-electron chi connectivity index (χ0n) is 10.9. The number of rotatable bonds is 5. The lowest BCUT2D eigenvalue weighted by Crippen LogP contribution is -2.30. The van der Waals surface area contributed by atoms with Crippen LogP contribution in [0, 0.1) is 17.0 Å². The summed E-state index contributed by atoms with van der Waals surface area (Å²) < 4.78 is 0. The minimum atomic E-state index is -0.320. The molecule has 0 radical (unpaired) electrons. The molecule has 4 nitrogen and oxygen atoms in total. The van der Waals surface area contributed by atoms with E-state index in [1.807, 2.05) is 6.07 Å². The third kappa shape index (κ3) is 3.44. The summed E-state index contributed by atoms with van der Waals surface area (Å²) >= 11 is 0. The normalized spacial score (nSPS) is 11.3. The fraction of sp³-hybridized carbons (Fsp3) is 0.538. The number of hydrogen-bond donors (Lipinski definition) is 1. The molecule has 4 heteroatoms. The van der Waals surface area contributed by atoms with Crippen LogP contribution in [0.25, 0.3) is 0 Å². The number of nitro groups is 1. The van der Waals surface area contributed by atoms with E-state index in [2.05, 4.69) is 26.1 Å². The van der Waals surface area contributed by atoms with Crippen LogP contribution in [0.3, 0.4) is 0 Å². The number of para-hydroxylation sites is 1. The average Bonchev–Trinajstić information content (AvgIpc) is 2.15. The smallest absolute Gasteiger partial charge is 0.295 e. The number of nitrogens with one attached hydrogen (secondary N) is 1. The fourth-order valence-electron chi connectivity index (χ4n) is 2.05. The van der Waals surface area contributed by atoms with E-state index in [0.29, 0.717) is 11.3 Å². The van der Waals surface area contributed by atoms with E-state index >= 15 is 0 Å². The van der Waals surface area contributed by atoms with E-state index in [1.54, 1.807) is 19.1 Å². The zero-order valence-corrected chi connectivity index (χ0v) is 10.9. The molecule has 1 aromatic rings. The summed E-state index contributed by atoms with van der Waals surface area (Å²) in [5.41, 5.74) is 1.34. The molecule has 1 aromatic carbocycles. The van der Waals surface area contributed by atoms with Gasteiger partial charge in [0.2, 0.25) is 0 Å². The quantitative estimate of drug-likeness (QED) is 0.623. The van der Waals surface area contributed by atoms with Crippen LogP contribution in [0.4, 0.5) is 11.4 Å². The van der Waals surface area contributed by atoms with Gasteiger partial charge in [0.1, 0.15) is 5.69 Å². The maximum atomic E-state index is 11.1. The Morgan fingerprint density at radius 2 is 2.06 bits per heavy atom. The van der Waals surface area contributed by atoms with Crippen LogP contribution in [-0.4, -0.2) is 10.5 Å². The second kappa shape index (κ2) is 5.17. The van der Waals surface area contributed by atoms with Crippen LogP contribution in [-0.2, 0) is 0 Å². The standard InChI is InChI=1S/C13H20N2O2/c1-5-9-13(3,4)14-11-8-6-7-10(2)12(11)15(16)17/h6-8,14H,5,9H2,1-4H3. The van der Waals surface area contributed by atoms with E-state index in [9.17, 15) is 10.1 Å². The Kier molecular flexibility index (Phi) is 4.10. The van der Waals surface area contributed by atoms with Gasteiger partial charge in [0.15, 0.2) is 0 Å². The van der Waals surface area contributed by atoms with Crippen molar-refractivity contribution in [2.24, 2.45) is 0 Å². The van der Waals surface area contributed by atoms with E-state index in [0.717, 1.165) is 12.8 Å². The summed E-state index contributed by atoms with van der Waals surface area (Å²) in [5, 5.41) is 14.3. The summed E-state index contributed by atoms with van der Waals surface area (Å²) in [6.45, 7) is 7.98. The molecule has 94 valence electrons. The van der Waals surface area contributed by atoms with Gasteiger partial charge in [-0.05, 0) is 33.3 Å². The first-order chi connectivity index (χ1) is 7.87. The van der Waals surface area contributed by atoms with Crippen molar-refractivity contribution in [3.05, 3.63) is 33.9 Å². The van der Waals surface area contributed by atoms with E-state index in [-0.39, 0.29) is 16.1 Å². The van der Waals surface area contributed by atoms with Crippen molar-refractivity contribution in [2.75, 3.05) is 5.32 Å². The van der Waals surface area contributed by atoms with Gasteiger partial charge in [-0.1, -0.05) is 25.5 Å². The van der Waals surface area contributed by atoms with Crippen LogP contribution in [0.1, 0.15) is 39.2 Å². The van der Waals surface area contributed by atoms with Crippen molar-refractivity contribution < 1.29 is 4.92 Å². The number of nitro benzene ring substituents is 1. The fourth-order valence-corrected chi connectivity index (χ4v) is 2.05. The SMILES string of the molecule is CCCC(C)(C)Nc1cccc(C)c1[N+](=O)[O-]. The third-order valence-electron chi connectivity index (χ3n) is 2.77. The predicted molar refractivity (Wildman–Crippen MR) is 70.4 cm³/mol. The third-order valence-corrected chi connectivity index (χ3v) is 2.77. The lowest BCUT2D eigenvalue weighted by Gasteiger charge is -2.27. The molecule has 0 bridgehead atoms. The van der Waals surface area contributed by atoms with Crippen LogP contribution >= 0.6 is 0 Å². The van der Waals surface area contributed by atoms with Gasteiger partial charge in [-0.25, -0.2) is 0 Å². The first kappa shape index (κ1) is 13.5. The predicted octanol–water partition coefficient (Wildman–Crippen LogP) is 3.89. The van der Waals surface area contributed by atoms with Gasteiger partial charge in [-0.15, -0.1) is 0 Å². The first-order valence-electron chi connectivity index (χ1n) is 5.89. The van der Waals surface area contributed by atoms with Crippen LogP contribution < -0.4 is 5.32 Å². The molecule has 0 aromatic heterocycles. The van der Waals surface area contributed by atoms with Crippen molar-refractivity contribution in [3.8, 4) is 0 Å². The minimum Gasteiger partial charge on any atom is -0.375 e. The largest absolute Gasteiger partial charge is 0.375 e. The van der Waals surface area contributed by atoms with E-state index in [1.165, 1.54) is 0 Å². The second-order valence-electron chi connectivity index (χ2n) is 4.99. The molecule has 0 amide bonds. The van der Waals surface area contributed by atoms with Gasteiger partial charge < -0.3 is 5.32 Å². The van der Waals surface area contributed by atoms with Crippen LogP contribution in [0.15, 0.2) is 18.2 Å². The highest BCUT2D eigenvalue weighted by Gasteiger charge is 2.22. The molecular weight excluding hydrogens is 216 g/mol. The highest BCUT2D eigenvalue weighted by atomic mass is 16.6. The van der Waals surface area contributed by atoms with Crippen molar-refractivity contribution in [1.29, 1.82) is 0 Å². The molecule has 17 heavy (non-hydrogen) atoms. The molecule has 0 fully saturated rings. The Morgan fingerprint density at radius 3 is 2.59 bits per heavy atom. The van der Waals surface area contributed by atoms with Gasteiger partial charge >= 0.3 is 0 Å². The maximum Gasteiger partial charge on any atom is 0.295 e. The van der Waals surface area contributed by atoms with Gasteiger partial charge in [-0.2, -0.15) is 0 Å². The monoisotopic (exact) mass is 236 g/mol. The van der Waals surface area contributed by atoms with E-state index < -0.39 is 0 Å². The molecular formula is C13H20N2O2. The summed E-state index contributed by atoms with van der Waals surface area (Å²) in [4.78, 5) is 10.7. The Bertz CT molecular complexity index is 414. The molecule has 0 atom stereocenters. The Morgan fingerprint density at radius 1 is 1.41 bits per heavy atom. The molecule has 1 rings (SSSR count). The van der Waals surface area contributed by atoms with Gasteiger partial charge in [0, 0.05) is 11.1 Å². The van der Waals surface area contributed by atoms with Gasteiger partial charge in [-0.3, -0.25) is 10.1 Å². The summed E-state index contributed by atoms with van der Waals surface area (Å²) in [6, 6.07) is 5.37. The molecule has 0 saturated carbocycles. The number of hydrogen-bond acceptors (Lipinski definition) is 3. The number of aryl methyl sites for hydroxylation is 1. The highest BCUT2D eigenvalue weighted by Crippen LogP contribution is 2.31. The Hall–Kier alpha value is -1.58. The first-order valence-corrected chi connectivity index (χ1v) is 5.89.